The smallest absolute Gasteiger partial charge is 0.289 e. The molecule has 0 N–H and O–H groups in total. The molecule has 5 nitrogen and oxygen atoms in total. The molecule has 0 fully saturated rings. The van der Waals surface area contributed by atoms with Gasteiger partial charge < -0.3 is 21.7 Å². The Morgan fingerprint density at radius 1 is 0.920 bits per heavy atom. The predicted octanol–water partition coefficient (Wildman–Crippen LogP) is 0.650. The standard InChI is InChI=1S/C19H17N2O3.BrH/c22-21(23)18-12-6-5-11-17(18)15-24-19(16-9-3-1-4-10-16)20-13-7-2-8-14-20;/h1-14,19H,15H2;1H/q+1;/p-1. The molecule has 0 saturated carbocycles. The van der Waals surface area contributed by atoms with E-state index in [1.807, 2.05) is 65.5 Å². The van der Waals surface area contributed by atoms with Crippen LogP contribution in [0.2, 0.25) is 0 Å². The maximum absolute atomic E-state index is 11.2. The van der Waals surface area contributed by atoms with Gasteiger partial charge in [-0.05, 0) is 18.2 Å². The minimum Gasteiger partial charge on any atom is -1.00 e. The molecule has 3 rings (SSSR count). The summed E-state index contributed by atoms with van der Waals surface area (Å²) in [5.41, 5.74) is 1.61. The summed E-state index contributed by atoms with van der Waals surface area (Å²) < 4.78 is 7.98. The predicted molar refractivity (Wildman–Crippen MR) is 89.1 cm³/mol. The molecule has 0 aliphatic rings. The van der Waals surface area contributed by atoms with E-state index in [0.717, 1.165) is 5.56 Å². The van der Waals surface area contributed by atoms with Gasteiger partial charge in [0, 0.05) is 23.8 Å². The van der Waals surface area contributed by atoms with Crippen LogP contribution in [-0.2, 0) is 11.3 Å². The highest BCUT2D eigenvalue weighted by Gasteiger charge is 2.23. The molecule has 128 valence electrons. The summed E-state index contributed by atoms with van der Waals surface area (Å²) in [4.78, 5) is 10.8. The Kier molecular flexibility index (Phi) is 6.80. The summed E-state index contributed by atoms with van der Waals surface area (Å²) in [6.45, 7) is 0.151. The van der Waals surface area contributed by atoms with E-state index in [1.165, 1.54) is 6.07 Å². The summed E-state index contributed by atoms with van der Waals surface area (Å²) in [6, 6.07) is 22.2. The lowest BCUT2D eigenvalue weighted by molar-refractivity contribution is -0.753. The zero-order valence-corrected chi connectivity index (χ0v) is 15.0. The lowest BCUT2D eigenvalue weighted by Crippen LogP contribution is -3.00. The summed E-state index contributed by atoms with van der Waals surface area (Å²) >= 11 is 0. The second kappa shape index (κ2) is 9.05. The number of nitro groups is 1. The minimum atomic E-state index is -0.383. The molecule has 0 bridgehead atoms. The Balaban J connectivity index is 0.00000225. The van der Waals surface area contributed by atoms with Gasteiger partial charge in [-0.15, -0.1) is 0 Å². The molecule has 1 unspecified atom stereocenters. The molecular weight excluding hydrogens is 384 g/mol. The third kappa shape index (κ3) is 4.71. The Morgan fingerprint density at radius 3 is 2.20 bits per heavy atom. The normalized spacial score (nSPS) is 11.4. The maximum atomic E-state index is 11.2. The Morgan fingerprint density at radius 2 is 1.52 bits per heavy atom. The van der Waals surface area contributed by atoms with Gasteiger partial charge in [-0.25, -0.2) is 0 Å². The number of para-hydroxylation sites is 1. The molecule has 1 atom stereocenters. The monoisotopic (exact) mass is 400 g/mol. The maximum Gasteiger partial charge on any atom is 0.289 e. The van der Waals surface area contributed by atoms with Crippen molar-refractivity contribution in [2.24, 2.45) is 0 Å². The average Bonchev–Trinajstić information content (AvgIpc) is 2.64. The van der Waals surface area contributed by atoms with Crippen molar-refractivity contribution >= 4 is 5.69 Å². The van der Waals surface area contributed by atoms with E-state index in [4.69, 9.17) is 4.74 Å². The van der Waals surface area contributed by atoms with E-state index in [0.29, 0.717) is 5.56 Å². The first-order valence-corrected chi connectivity index (χ1v) is 7.60. The highest BCUT2D eigenvalue weighted by atomic mass is 79.9. The number of ether oxygens (including phenoxy) is 1. The van der Waals surface area contributed by atoms with E-state index >= 15 is 0 Å². The van der Waals surface area contributed by atoms with Crippen molar-refractivity contribution in [1.82, 2.24) is 0 Å². The fraction of sp³-hybridized carbons (Fsp3) is 0.105. The fourth-order valence-corrected chi connectivity index (χ4v) is 2.52. The minimum absolute atomic E-state index is 0. The molecule has 0 radical (unpaired) electrons. The van der Waals surface area contributed by atoms with Crippen LogP contribution in [0.25, 0.3) is 0 Å². The number of nitro benzene ring substituents is 1. The quantitative estimate of drug-likeness (QED) is 0.346. The molecule has 0 saturated heterocycles. The zero-order chi connectivity index (χ0) is 16.8. The molecule has 0 spiro atoms. The Bertz CT molecular complexity index is 774. The van der Waals surface area contributed by atoms with Crippen LogP contribution in [0.3, 0.4) is 0 Å². The summed E-state index contributed by atoms with van der Waals surface area (Å²) in [5.74, 6) is 0. The number of hydrogen-bond acceptors (Lipinski definition) is 3. The first-order valence-electron chi connectivity index (χ1n) is 7.60. The summed E-state index contributed by atoms with van der Waals surface area (Å²) in [6.07, 6.45) is 3.47. The van der Waals surface area contributed by atoms with E-state index in [-0.39, 0.29) is 40.4 Å². The van der Waals surface area contributed by atoms with Crippen molar-refractivity contribution in [3.63, 3.8) is 0 Å². The Hall–Kier alpha value is -2.57. The zero-order valence-electron chi connectivity index (χ0n) is 13.4. The molecule has 0 amide bonds. The lowest BCUT2D eigenvalue weighted by Gasteiger charge is -2.14. The van der Waals surface area contributed by atoms with Crippen LogP contribution in [0.5, 0.6) is 0 Å². The molecule has 0 aliphatic heterocycles. The number of hydrogen-bond donors (Lipinski definition) is 0. The molecule has 1 aromatic heterocycles. The van der Waals surface area contributed by atoms with E-state index in [2.05, 4.69) is 0 Å². The molecule has 1 heterocycles. The molecule has 6 heteroatoms. The third-order valence-corrected chi connectivity index (χ3v) is 3.68. The van der Waals surface area contributed by atoms with Crippen LogP contribution in [-0.4, -0.2) is 4.92 Å². The van der Waals surface area contributed by atoms with Crippen LogP contribution >= 0.6 is 0 Å². The number of halogens is 1. The van der Waals surface area contributed by atoms with Crippen molar-refractivity contribution in [2.75, 3.05) is 0 Å². The van der Waals surface area contributed by atoms with Gasteiger partial charge in [0.05, 0.1) is 17.1 Å². The number of benzene rings is 2. The number of aromatic nitrogens is 1. The van der Waals surface area contributed by atoms with E-state index in [1.54, 1.807) is 18.2 Å². The summed E-state index contributed by atoms with van der Waals surface area (Å²) in [7, 11) is 0. The molecular formula is C19H17BrN2O3. The highest BCUT2D eigenvalue weighted by molar-refractivity contribution is 5.39. The molecule has 25 heavy (non-hydrogen) atoms. The fourth-order valence-electron chi connectivity index (χ4n) is 2.52. The summed E-state index contributed by atoms with van der Waals surface area (Å²) in [5, 5.41) is 11.2. The van der Waals surface area contributed by atoms with E-state index < -0.39 is 0 Å². The topological polar surface area (TPSA) is 56.3 Å². The van der Waals surface area contributed by atoms with Gasteiger partial charge in [-0.3, -0.25) is 10.1 Å². The third-order valence-electron chi connectivity index (χ3n) is 3.68. The van der Waals surface area contributed by atoms with Crippen LogP contribution in [0.4, 0.5) is 5.69 Å². The molecule has 2 aromatic carbocycles. The first-order chi connectivity index (χ1) is 11.8. The van der Waals surface area contributed by atoms with Gasteiger partial charge in [0.2, 0.25) is 0 Å². The van der Waals surface area contributed by atoms with Gasteiger partial charge in [0.1, 0.15) is 0 Å². The number of nitrogens with zero attached hydrogens (tertiary/aromatic N) is 2. The van der Waals surface area contributed by atoms with Crippen molar-refractivity contribution < 1.29 is 31.2 Å². The van der Waals surface area contributed by atoms with Gasteiger partial charge >= 0.3 is 0 Å². The van der Waals surface area contributed by atoms with Crippen molar-refractivity contribution in [3.8, 4) is 0 Å². The SMILES string of the molecule is O=[N+]([O-])c1ccccc1COC(c1ccccc1)[n+]1ccccc1.[Br-]. The van der Waals surface area contributed by atoms with Crippen molar-refractivity contribution in [2.45, 2.75) is 12.8 Å². The number of pyridine rings is 1. The van der Waals surface area contributed by atoms with Crippen molar-refractivity contribution in [3.05, 3.63) is 106 Å². The molecule has 3 aromatic rings. The second-order valence-electron chi connectivity index (χ2n) is 5.28. The average molecular weight is 401 g/mol. The van der Waals surface area contributed by atoms with Crippen LogP contribution in [0.1, 0.15) is 17.4 Å². The van der Waals surface area contributed by atoms with Gasteiger partial charge in [-0.2, -0.15) is 4.57 Å². The first kappa shape index (κ1) is 18.8. The van der Waals surface area contributed by atoms with Gasteiger partial charge in [0.25, 0.3) is 11.9 Å². The van der Waals surface area contributed by atoms with Crippen molar-refractivity contribution in [1.29, 1.82) is 0 Å². The van der Waals surface area contributed by atoms with E-state index in [9.17, 15) is 10.1 Å². The van der Waals surface area contributed by atoms with Crippen LogP contribution in [0, 0.1) is 10.1 Å². The van der Waals surface area contributed by atoms with Gasteiger partial charge in [-0.1, -0.05) is 36.4 Å². The second-order valence-corrected chi connectivity index (χ2v) is 5.28. The van der Waals surface area contributed by atoms with Crippen LogP contribution in [0.15, 0.2) is 85.2 Å². The van der Waals surface area contributed by atoms with Crippen LogP contribution < -0.4 is 21.5 Å². The molecule has 0 aliphatic carbocycles. The number of rotatable bonds is 6. The largest absolute Gasteiger partial charge is 1.00 e. The Labute approximate surface area is 156 Å². The highest BCUT2D eigenvalue weighted by Crippen LogP contribution is 2.22. The van der Waals surface area contributed by atoms with Gasteiger partial charge in [0.15, 0.2) is 12.4 Å². The lowest BCUT2D eigenvalue weighted by atomic mass is 10.1.